The smallest absolute Gasteiger partial charge is 0.220 e. The molecule has 3 N–H and O–H groups in total. The van der Waals surface area contributed by atoms with E-state index in [1.165, 1.54) is 39.9 Å². The van der Waals surface area contributed by atoms with Crippen molar-refractivity contribution in [1.29, 1.82) is 0 Å². The molecular formula is C43H54FN3O2. The van der Waals surface area contributed by atoms with Crippen LogP contribution in [0, 0.1) is 12.7 Å². The summed E-state index contributed by atoms with van der Waals surface area (Å²) >= 11 is 0. The molecule has 1 amide bonds. The number of nitrogens with one attached hydrogen (secondary N) is 1. The summed E-state index contributed by atoms with van der Waals surface area (Å²) in [5, 5.41) is 3.16. The fraction of sp³-hybridized carbons (Fsp3) is 0.419. The van der Waals surface area contributed by atoms with Crippen molar-refractivity contribution in [2.45, 2.75) is 82.6 Å². The highest BCUT2D eigenvalue weighted by Crippen LogP contribution is 2.42. The molecule has 1 aliphatic rings. The highest BCUT2D eigenvalue weighted by Gasteiger charge is 2.34. The Labute approximate surface area is 293 Å². The number of hydrogen-bond acceptors (Lipinski definition) is 4. The molecule has 1 unspecified atom stereocenters. The first-order valence-corrected chi connectivity index (χ1v) is 18.2. The van der Waals surface area contributed by atoms with E-state index in [0.717, 1.165) is 82.3 Å². The van der Waals surface area contributed by atoms with Gasteiger partial charge in [-0.1, -0.05) is 85.3 Å². The largest absolute Gasteiger partial charge is 0.496 e. The lowest BCUT2D eigenvalue weighted by molar-refractivity contribution is -0.121. The van der Waals surface area contributed by atoms with E-state index >= 15 is 0 Å². The van der Waals surface area contributed by atoms with Gasteiger partial charge in [0.2, 0.25) is 5.91 Å². The van der Waals surface area contributed by atoms with Crippen LogP contribution in [0.15, 0.2) is 97.1 Å². The maximum atomic E-state index is 13.3. The minimum absolute atomic E-state index is 0.0345. The Hall–Kier alpha value is -4.00. The standard InChI is InChI=1S/C43H54FN3O2/c1-33-31-35-24-30-47(40(17-9-10-27-45)39(35)32-41(33)49-2)29-12-26-43(36-13-5-3-6-14-36,37-15-7-4-8-16-37)25-11-28-46-42(48)23-20-34-18-21-38(44)22-19-34/h3-8,13-16,18-19,21-22,31-32,40H,9-12,17,20,23-30,45H2,1-2H3,(H,46,48). The third kappa shape index (κ3) is 9.58. The number of hydrogen-bond donors (Lipinski definition) is 2. The summed E-state index contributed by atoms with van der Waals surface area (Å²) in [5.41, 5.74) is 13.4. The van der Waals surface area contributed by atoms with Gasteiger partial charge in [0.1, 0.15) is 11.6 Å². The number of methoxy groups -OCH3 is 1. The molecular weight excluding hydrogens is 609 g/mol. The van der Waals surface area contributed by atoms with Gasteiger partial charge < -0.3 is 15.8 Å². The summed E-state index contributed by atoms with van der Waals surface area (Å²) in [6.07, 6.45) is 9.15. The number of halogens is 1. The monoisotopic (exact) mass is 663 g/mol. The van der Waals surface area contributed by atoms with Crippen molar-refractivity contribution in [1.82, 2.24) is 10.2 Å². The first kappa shape index (κ1) is 36.3. The lowest BCUT2D eigenvalue weighted by Gasteiger charge is -2.40. The molecule has 0 saturated heterocycles. The van der Waals surface area contributed by atoms with Crippen molar-refractivity contribution in [3.63, 3.8) is 0 Å². The fourth-order valence-electron chi connectivity index (χ4n) is 7.80. The number of benzene rings is 4. The predicted octanol–water partition coefficient (Wildman–Crippen LogP) is 8.47. The van der Waals surface area contributed by atoms with Crippen LogP contribution >= 0.6 is 0 Å². The zero-order valence-electron chi connectivity index (χ0n) is 29.4. The molecule has 4 aromatic carbocycles. The molecule has 0 aliphatic carbocycles. The third-order valence-corrected chi connectivity index (χ3v) is 10.4. The quantitative estimate of drug-likeness (QED) is 0.105. The van der Waals surface area contributed by atoms with Gasteiger partial charge in [0.05, 0.1) is 7.11 Å². The molecule has 5 nitrogen and oxygen atoms in total. The summed E-state index contributed by atoms with van der Waals surface area (Å²) in [4.78, 5) is 15.5. The van der Waals surface area contributed by atoms with Gasteiger partial charge in [-0.05, 0) is 123 Å². The van der Waals surface area contributed by atoms with Crippen LogP contribution in [0.3, 0.4) is 0 Å². The summed E-state index contributed by atoms with van der Waals surface area (Å²) in [7, 11) is 1.77. The van der Waals surface area contributed by atoms with Crippen LogP contribution in [0.1, 0.15) is 90.8 Å². The Kier molecular flexibility index (Phi) is 13.4. The minimum atomic E-state index is -0.257. The molecule has 0 bridgehead atoms. The normalized spacial score (nSPS) is 14.7. The van der Waals surface area contributed by atoms with Gasteiger partial charge in [0.25, 0.3) is 0 Å². The van der Waals surface area contributed by atoms with E-state index < -0.39 is 0 Å². The number of ether oxygens (including phenoxy) is 1. The van der Waals surface area contributed by atoms with E-state index in [9.17, 15) is 9.18 Å². The van der Waals surface area contributed by atoms with Crippen molar-refractivity contribution in [3.05, 3.63) is 136 Å². The van der Waals surface area contributed by atoms with Crippen molar-refractivity contribution in [2.75, 3.05) is 33.3 Å². The Bertz CT molecular complexity index is 1550. The lowest BCUT2D eigenvalue weighted by Crippen LogP contribution is -2.37. The number of nitrogens with two attached hydrogens (primary N) is 1. The SMILES string of the molecule is COc1cc2c(cc1C)CCN(CCCC(CCCNC(=O)CCc1ccc(F)cc1)(c1ccccc1)c1ccccc1)C2CCCCN. The van der Waals surface area contributed by atoms with Crippen LogP contribution in [0.4, 0.5) is 4.39 Å². The molecule has 6 heteroatoms. The molecule has 4 aromatic rings. The molecule has 0 fully saturated rings. The van der Waals surface area contributed by atoms with E-state index in [1.807, 2.05) is 0 Å². The van der Waals surface area contributed by atoms with E-state index in [-0.39, 0.29) is 17.1 Å². The van der Waals surface area contributed by atoms with E-state index in [0.29, 0.717) is 25.4 Å². The molecule has 0 spiro atoms. The number of aryl methyl sites for hydroxylation is 2. The summed E-state index contributed by atoms with van der Waals surface area (Å²) in [6, 6.07) is 33.2. The van der Waals surface area contributed by atoms with E-state index in [1.54, 1.807) is 19.2 Å². The molecule has 5 rings (SSSR count). The van der Waals surface area contributed by atoms with Crippen LogP contribution < -0.4 is 15.8 Å². The Morgan fingerprint density at radius 3 is 2.24 bits per heavy atom. The molecule has 0 radical (unpaired) electrons. The molecule has 0 aromatic heterocycles. The summed E-state index contributed by atoms with van der Waals surface area (Å²) in [5.74, 6) is 0.749. The average Bonchev–Trinajstić information content (AvgIpc) is 3.13. The van der Waals surface area contributed by atoms with Crippen LogP contribution in [-0.4, -0.2) is 44.1 Å². The molecule has 0 saturated carbocycles. The Morgan fingerprint density at radius 1 is 0.918 bits per heavy atom. The minimum Gasteiger partial charge on any atom is -0.496 e. The van der Waals surface area contributed by atoms with Crippen LogP contribution in [0.25, 0.3) is 0 Å². The number of carbonyl (C=O) groups excluding carboxylic acids is 1. The van der Waals surface area contributed by atoms with Gasteiger partial charge in [0.15, 0.2) is 0 Å². The number of amides is 1. The van der Waals surface area contributed by atoms with Crippen LogP contribution in [0.2, 0.25) is 0 Å². The molecule has 1 heterocycles. The maximum Gasteiger partial charge on any atom is 0.220 e. The van der Waals surface area contributed by atoms with Crippen molar-refractivity contribution in [2.24, 2.45) is 5.73 Å². The third-order valence-electron chi connectivity index (χ3n) is 10.4. The highest BCUT2D eigenvalue weighted by molar-refractivity contribution is 5.76. The van der Waals surface area contributed by atoms with E-state index in [4.69, 9.17) is 10.5 Å². The van der Waals surface area contributed by atoms with E-state index in [2.05, 4.69) is 89.9 Å². The zero-order chi connectivity index (χ0) is 34.5. The summed E-state index contributed by atoms with van der Waals surface area (Å²) in [6.45, 7) is 5.56. The molecule has 49 heavy (non-hydrogen) atoms. The lowest BCUT2D eigenvalue weighted by atomic mass is 9.68. The van der Waals surface area contributed by atoms with Gasteiger partial charge in [-0.15, -0.1) is 0 Å². The van der Waals surface area contributed by atoms with Crippen molar-refractivity contribution < 1.29 is 13.9 Å². The number of fused-ring (bicyclic) bond motifs is 1. The highest BCUT2D eigenvalue weighted by atomic mass is 19.1. The number of nitrogens with zero attached hydrogens (tertiary/aromatic N) is 1. The molecule has 260 valence electrons. The van der Waals surface area contributed by atoms with Gasteiger partial charge >= 0.3 is 0 Å². The Morgan fingerprint density at radius 2 is 1.59 bits per heavy atom. The number of unbranched alkanes of at least 4 members (excludes halogenated alkanes) is 1. The van der Waals surface area contributed by atoms with Crippen molar-refractivity contribution >= 4 is 5.91 Å². The van der Waals surface area contributed by atoms with Crippen LogP contribution in [0.5, 0.6) is 5.75 Å². The van der Waals surface area contributed by atoms with Crippen LogP contribution in [-0.2, 0) is 23.1 Å². The first-order chi connectivity index (χ1) is 23.9. The first-order valence-electron chi connectivity index (χ1n) is 18.2. The fourth-order valence-corrected chi connectivity index (χ4v) is 7.80. The average molecular weight is 664 g/mol. The second-order valence-electron chi connectivity index (χ2n) is 13.6. The molecule has 1 atom stereocenters. The van der Waals surface area contributed by atoms with Gasteiger partial charge in [0, 0.05) is 31.0 Å². The Balaban J connectivity index is 1.30. The maximum absolute atomic E-state index is 13.3. The van der Waals surface area contributed by atoms with Gasteiger partial charge in [-0.2, -0.15) is 0 Å². The number of carbonyl (C=O) groups is 1. The van der Waals surface area contributed by atoms with Crippen molar-refractivity contribution in [3.8, 4) is 5.75 Å². The summed E-state index contributed by atoms with van der Waals surface area (Å²) < 4.78 is 19.0. The zero-order valence-corrected chi connectivity index (χ0v) is 29.4. The second-order valence-corrected chi connectivity index (χ2v) is 13.6. The predicted molar refractivity (Wildman–Crippen MR) is 199 cm³/mol. The van der Waals surface area contributed by atoms with Gasteiger partial charge in [-0.25, -0.2) is 4.39 Å². The molecule has 1 aliphatic heterocycles. The van der Waals surface area contributed by atoms with Gasteiger partial charge in [-0.3, -0.25) is 9.69 Å². The number of rotatable bonds is 18. The topological polar surface area (TPSA) is 67.6 Å². The second kappa shape index (κ2) is 18.1.